The van der Waals surface area contributed by atoms with E-state index in [1.54, 1.807) is 18.2 Å². The van der Waals surface area contributed by atoms with Crippen molar-refractivity contribution in [2.24, 2.45) is 7.05 Å². The van der Waals surface area contributed by atoms with Gasteiger partial charge in [-0.05, 0) is 42.8 Å². The number of hydrogen-bond acceptors (Lipinski definition) is 8. The Morgan fingerprint density at radius 2 is 1.74 bits per heavy atom. The van der Waals surface area contributed by atoms with E-state index in [-0.39, 0.29) is 11.7 Å². The highest BCUT2D eigenvalue weighted by Crippen LogP contribution is 2.25. The fraction of sp³-hybridized carbons (Fsp3) is 0.355. The quantitative estimate of drug-likeness (QED) is 0.285. The van der Waals surface area contributed by atoms with Gasteiger partial charge in [0, 0.05) is 45.9 Å². The Balaban J connectivity index is 1.01. The summed E-state index contributed by atoms with van der Waals surface area (Å²) in [6.07, 6.45) is 1.15. The van der Waals surface area contributed by atoms with Crippen LogP contribution in [0, 0.1) is 0 Å². The number of hydrogen-bond donors (Lipinski definition) is 1. The fourth-order valence-electron chi connectivity index (χ4n) is 5.72. The van der Waals surface area contributed by atoms with Gasteiger partial charge in [0.15, 0.2) is 0 Å². The number of pyridine rings is 1. The number of carboxylic acid groups (broad SMARTS) is 1. The highest BCUT2D eigenvalue weighted by atomic mass is 16.5. The molecule has 0 radical (unpaired) electrons. The maximum atomic E-state index is 11.6. The Bertz CT molecular complexity index is 1750. The van der Waals surface area contributed by atoms with E-state index in [9.17, 15) is 9.90 Å². The van der Waals surface area contributed by atoms with E-state index in [2.05, 4.69) is 25.0 Å². The number of anilines is 1. The predicted octanol–water partition coefficient (Wildman–Crippen LogP) is 3.71. The zero-order chi connectivity index (χ0) is 28.6. The lowest BCUT2D eigenvalue weighted by atomic mass is 10.1. The molecule has 1 N–H and O–H groups in total. The molecule has 7 rings (SSSR count). The minimum Gasteiger partial charge on any atom is -0.478 e. The highest BCUT2D eigenvalue weighted by Gasteiger charge is 2.25. The first-order valence-corrected chi connectivity index (χ1v) is 14.3. The molecule has 5 heterocycles. The first-order chi connectivity index (χ1) is 20.5. The summed E-state index contributed by atoms with van der Waals surface area (Å²) in [7, 11) is 2.00. The average molecular weight is 568 g/mol. The van der Waals surface area contributed by atoms with E-state index in [4.69, 9.17) is 24.4 Å². The molecule has 216 valence electrons. The first-order valence-electron chi connectivity index (χ1n) is 14.3. The normalized spacial score (nSPS) is 17.5. The summed E-state index contributed by atoms with van der Waals surface area (Å²) < 4.78 is 16.0. The molecule has 1 atom stereocenters. The lowest BCUT2D eigenvalue weighted by Crippen LogP contribution is -2.46. The molecule has 2 aliphatic rings. The summed E-state index contributed by atoms with van der Waals surface area (Å²) in [5, 5.41) is 9.51. The largest absolute Gasteiger partial charge is 0.478 e. The first kappa shape index (κ1) is 26.4. The Labute approximate surface area is 242 Å². The van der Waals surface area contributed by atoms with Crippen LogP contribution in [-0.2, 0) is 31.5 Å². The van der Waals surface area contributed by atoms with Crippen molar-refractivity contribution in [2.45, 2.75) is 32.2 Å². The Morgan fingerprint density at radius 3 is 2.50 bits per heavy atom. The number of para-hydroxylation sites is 2. The number of aryl methyl sites for hydroxylation is 1. The van der Waals surface area contributed by atoms with E-state index in [0.29, 0.717) is 25.6 Å². The molecule has 2 aliphatic heterocycles. The van der Waals surface area contributed by atoms with Crippen molar-refractivity contribution in [3.05, 3.63) is 77.9 Å². The van der Waals surface area contributed by atoms with Crippen molar-refractivity contribution in [3.8, 4) is 5.88 Å². The second-order valence-electron chi connectivity index (χ2n) is 10.9. The monoisotopic (exact) mass is 567 g/mol. The third-order valence-electron chi connectivity index (χ3n) is 8.25. The minimum absolute atomic E-state index is 0.142. The fourth-order valence-corrected chi connectivity index (χ4v) is 5.72. The Kier molecular flexibility index (Phi) is 6.96. The van der Waals surface area contributed by atoms with E-state index >= 15 is 0 Å². The summed E-state index contributed by atoms with van der Waals surface area (Å²) in [6.45, 7) is 5.86. The van der Waals surface area contributed by atoms with Gasteiger partial charge in [0.2, 0.25) is 5.88 Å². The number of aromatic carboxylic acids is 1. The van der Waals surface area contributed by atoms with E-state index in [1.165, 1.54) is 0 Å². The molecule has 3 aromatic heterocycles. The van der Waals surface area contributed by atoms with Crippen molar-refractivity contribution in [3.63, 3.8) is 0 Å². The molecule has 1 unspecified atom stereocenters. The highest BCUT2D eigenvalue weighted by molar-refractivity contribution is 5.92. The lowest BCUT2D eigenvalue weighted by molar-refractivity contribution is -0.0592. The van der Waals surface area contributed by atoms with Crippen LogP contribution in [0.4, 0.5) is 5.82 Å². The van der Waals surface area contributed by atoms with Crippen LogP contribution in [-0.4, -0.2) is 79.0 Å². The summed E-state index contributed by atoms with van der Waals surface area (Å²) in [6, 6.07) is 19.1. The standard InChI is InChI=1S/C31H33N7O4/c1-35-25-6-3-2-5-23(25)33-29(35)20-42-30-8-4-7-27(34-30)37-14-12-36(13-15-37)19-28-32-24-10-9-21(31(39)40)17-26(24)38(28)18-22-11-16-41-22/h2-10,17,22H,11-16,18-20H2,1H3,(H,39,40). The molecule has 0 bridgehead atoms. The van der Waals surface area contributed by atoms with Crippen LogP contribution >= 0.6 is 0 Å². The van der Waals surface area contributed by atoms with Gasteiger partial charge in [-0.2, -0.15) is 4.98 Å². The molecule has 2 saturated heterocycles. The average Bonchev–Trinajstić information content (AvgIpc) is 3.50. The van der Waals surface area contributed by atoms with Gasteiger partial charge in [-0.15, -0.1) is 0 Å². The van der Waals surface area contributed by atoms with Crippen molar-refractivity contribution < 1.29 is 19.4 Å². The molecule has 0 saturated carbocycles. The number of carbonyl (C=O) groups is 1. The number of rotatable bonds is 9. The SMILES string of the molecule is Cn1c(COc2cccc(N3CCN(Cc4nc5ccc(C(=O)O)cc5n4CC4CCO4)CC3)n2)nc2ccccc21. The van der Waals surface area contributed by atoms with Gasteiger partial charge in [0.1, 0.15) is 24.1 Å². The molecular weight excluding hydrogens is 534 g/mol. The third kappa shape index (κ3) is 5.17. The van der Waals surface area contributed by atoms with Crippen LogP contribution in [0.5, 0.6) is 5.88 Å². The molecule has 5 aromatic rings. The van der Waals surface area contributed by atoms with Crippen LogP contribution < -0.4 is 9.64 Å². The van der Waals surface area contributed by atoms with Crippen LogP contribution in [0.2, 0.25) is 0 Å². The maximum Gasteiger partial charge on any atom is 0.335 e. The van der Waals surface area contributed by atoms with Crippen molar-refractivity contribution in [1.29, 1.82) is 0 Å². The number of piperazine rings is 1. The molecular formula is C31H33N7O4. The number of imidazole rings is 2. The van der Waals surface area contributed by atoms with Gasteiger partial charge in [0.05, 0.1) is 46.8 Å². The Morgan fingerprint density at radius 1 is 0.952 bits per heavy atom. The molecule has 2 aromatic carbocycles. The molecule has 0 aliphatic carbocycles. The van der Waals surface area contributed by atoms with E-state index < -0.39 is 5.97 Å². The molecule has 0 amide bonds. The van der Waals surface area contributed by atoms with Gasteiger partial charge in [-0.3, -0.25) is 4.90 Å². The topological polar surface area (TPSA) is 111 Å². The number of ether oxygens (including phenoxy) is 2. The van der Waals surface area contributed by atoms with Crippen LogP contribution in [0.25, 0.3) is 22.1 Å². The van der Waals surface area contributed by atoms with Gasteiger partial charge in [-0.25, -0.2) is 14.8 Å². The summed E-state index contributed by atoms with van der Waals surface area (Å²) in [5.74, 6) is 2.33. The van der Waals surface area contributed by atoms with Crippen molar-refractivity contribution in [2.75, 3.05) is 37.7 Å². The van der Waals surface area contributed by atoms with Crippen LogP contribution in [0.1, 0.15) is 28.4 Å². The Hall–Kier alpha value is -4.48. The second-order valence-corrected chi connectivity index (χ2v) is 10.9. The summed E-state index contributed by atoms with van der Waals surface area (Å²) >= 11 is 0. The van der Waals surface area contributed by atoms with E-state index in [1.807, 2.05) is 43.4 Å². The van der Waals surface area contributed by atoms with Gasteiger partial charge in [-0.1, -0.05) is 18.2 Å². The number of fused-ring (bicyclic) bond motifs is 2. The zero-order valence-electron chi connectivity index (χ0n) is 23.5. The summed E-state index contributed by atoms with van der Waals surface area (Å²) in [5.41, 5.74) is 3.96. The maximum absolute atomic E-state index is 11.6. The van der Waals surface area contributed by atoms with E-state index in [0.717, 1.165) is 78.7 Å². The predicted molar refractivity (Wildman–Crippen MR) is 158 cm³/mol. The second kappa shape index (κ2) is 11.1. The molecule has 11 heteroatoms. The molecule has 2 fully saturated rings. The number of carboxylic acids is 1. The number of aromatic nitrogens is 5. The minimum atomic E-state index is -0.935. The number of benzene rings is 2. The smallest absolute Gasteiger partial charge is 0.335 e. The molecule has 42 heavy (non-hydrogen) atoms. The summed E-state index contributed by atoms with van der Waals surface area (Å²) in [4.78, 5) is 30.6. The number of nitrogens with zero attached hydrogens (tertiary/aromatic N) is 7. The van der Waals surface area contributed by atoms with Crippen LogP contribution in [0.3, 0.4) is 0 Å². The lowest BCUT2D eigenvalue weighted by Gasteiger charge is -2.35. The molecule has 0 spiro atoms. The third-order valence-corrected chi connectivity index (χ3v) is 8.25. The van der Waals surface area contributed by atoms with Crippen molar-refractivity contribution >= 4 is 33.9 Å². The zero-order valence-corrected chi connectivity index (χ0v) is 23.5. The van der Waals surface area contributed by atoms with Gasteiger partial charge >= 0.3 is 5.97 Å². The van der Waals surface area contributed by atoms with Gasteiger partial charge in [0.25, 0.3) is 0 Å². The van der Waals surface area contributed by atoms with Crippen molar-refractivity contribution in [1.82, 2.24) is 29.0 Å². The van der Waals surface area contributed by atoms with Gasteiger partial charge < -0.3 is 28.6 Å². The van der Waals surface area contributed by atoms with Crippen LogP contribution in [0.15, 0.2) is 60.7 Å². The molecule has 11 nitrogen and oxygen atoms in total.